The van der Waals surface area contributed by atoms with Gasteiger partial charge in [-0.3, -0.25) is 18.6 Å². The zero-order chi connectivity index (χ0) is 21.3. The molecule has 2 heterocycles. The van der Waals surface area contributed by atoms with Crippen molar-refractivity contribution in [1.82, 2.24) is 19.2 Å². The van der Waals surface area contributed by atoms with Crippen LogP contribution in [0.5, 0.6) is 5.75 Å². The first-order valence-electron chi connectivity index (χ1n) is 9.02. The summed E-state index contributed by atoms with van der Waals surface area (Å²) in [4.78, 5) is 25.4. The van der Waals surface area contributed by atoms with Crippen molar-refractivity contribution in [2.45, 2.75) is 11.7 Å². The molecule has 0 saturated heterocycles. The van der Waals surface area contributed by atoms with Gasteiger partial charge in [0.2, 0.25) is 5.78 Å². The predicted molar refractivity (Wildman–Crippen MR) is 113 cm³/mol. The van der Waals surface area contributed by atoms with Crippen LogP contribution >= 0.6 is 11.8 Å². The molecule has 0 radical (unpaired) electrons. The van der Waals surface area contributed by atoms with Crippen molar-refractivity contribution >= 4 is 34.2 Å². The summed E-state index contributed by atoms with van der Waals surface area (Å²) >= 11 is 1.17. The summed E-state index contributed by atoms with van der Waals surface area (Å²) in [6.07, 6.45) is 1.61. The number of halogens is 1. The molecule has 4 aromatic rings. The highest BCUT2D eigenvalue weighted by Gasteiger charge is 2.18. The summed E-state index contributed by atoms with van der Waals surface area (Å²) < 4.78 is 22.0. The number of ether oxygens (including phenoxy) is 1. The Hall–Kier alpha value is -3.46. The monoisotopic (exact) mass is 424 g/mol. The van der Waals surface area contributed by atoms with Crippen LogP contribution in [0.15, 0.2) is 65.1 Å². The molecule has 0 N–H and O–H groups in total. The maximum Gasteiger partial charge on any atom is 0.263 e. The Balaban J connectivity index is 1.72. The van der Waals surface area contributed by atoms with Gasteiger partial charge >= 0.3 is 0 Å². The number of nitrogens with zero attached hydrogens (tertiary/aromatic N) is 4. The normalized spacial score (nSPS) is 11.1. The van der Waals surface area contributed by atoms with Gasteiger partial charge in [-0.15, -0.1) is 16.8 Å². The summed E-state index contributed by atoms with van der Waals surface area (Å²) in [7, 11) is 1.36. The number of Topliss-reactive ketones (excluding diaryl/α,β-unsaturated/α-hetero) is 1. The van der Waals surface area contributed by atoms with Crippen LogP contribution in [-0.4, -0.2) is 37.8 Å². The van der Waals surface area contributed by atoms with Crippen molar-refractivity contribution in [3.05, 3.63) is 76.9 Å². The lowest BCUT2D eigenvalue weighted by atomic mass is 10.1. The van der Waals surface area contributed by atoms with Crippen molar-refractivity contribution in [2.75, 3.05) is 12.9 Å². The number of para-hydroxylation sites is 1. The minimum absolute atomic E-state index is 0.0292. The largest absolute Gasteiger partial charge is 0.494 e. The molecule has 9 heteroatoms. The number of methoxy groups -OCH3 is 1. The Bertz CT molecular complexity index is 1350. The van der Waals surface area contributed by atoms with E-state index in [2.05, 4.69) is 16.8 Å². The molecule has 0 spiro atoms. The third-order valence-corrected chi connectivity index (χ3v) is 5.52. The fourth-order valence-electron chi connectivity index (χ4n) is 3.17. The van der Waals surface area contributed by atoms with Crippen LogP contribution < -0.4 is 10.3 Å². The molecule has 0 saturated carbocycles. The summed E-state index contributed by atoms with van der Waals surface area (Å²) in [5.74, 6) is -0.386. The number of fused-ring (bicyclic) bond motifs is 3. The highest BCUT2D eigenvalue weighted by atomic mass is 32.2. The van der Waals surface area contributed by atoms with E-state index in [0.29, 0.717) is 21.8 Å². The smallest absolute Gasteiger partial charge is 0.263 e. The van der Waals surface area contributed by atoms with Gasteiger partial charge in [0.05, 0.1) is 23.8 Å². The third kappa shape index (κ3) is 3.37. The lowest BCUT2D eigenvalue weighted by molar-refractivity contribution is 0.102. The Morgan fingerprint density at radius 2 is 2.07 bits per heavy atom. The molecular formula is C21H17FN4O3S. The van der Waals surface area contributed by atoms with E-state index in [1.54, 1.807) is 28.7 Å². The zero-order valence-corrected chi connectivity index (χ0v) is 16.9. The number of rotatable bonds is 7. The van der Waals surface area contributed by atoms with Crippen LogP contribution in [0.1, 0.15) is 10.4 Å². The number of benzene rings is 2. The second-order valence-corrected chi connectivity index (χ2v) is 7.34. The quantitative estimate of drug-likeness (QED) is 0.257. The lowest BCUT2D eigenvalue weighted by Gasteiger charge is -2.09. The minimum atomic E-state index is -0.597. The van der Waals surface area contributed by atoms with Crippen molar-refractivity contribution in [3.63, 3.8) is 0 Å². The van der Waals surface area contributed by atoms with E-state index in [-0.39, 0.29) is 35.0 Å². The van der Waals surface area contributed by atoms with E-state index in [1.807, 2.05) is 6.07 Å². The van der Waals surface area contributed by atoms with Gasteiger partial charge in [0.1, 0.15) is 0 Å². The van der Waals surface area contributed by atoms with Crippen LogP contribution in [0.2, 0.25) is 0 Å². The van der Waals surface area contributed by atoms with Gasteiger partial charge in [-0.05, 0) is 30.3 Å². The van der Waals surface area contributed by atoms with Gasteiger partial charge < -0.3 is 4.74 Å². The van der Waals surface area contributed by atoms with Gasteiger partial charge in [0.15, 0.2) is 22.5 Å². The van der Waals surface area contributed by atoms with E-state index < -0.39 is 5.82 Å². The van der Waals surface area contributed by atoms with Crippen molar-refractivity contribution in [2.24, 2.45) is 0 Å². The fourth-order valence-corrected chi connectivity index (χ4v) is 4.01. The standard InChI is InChI=1S/C21H17FN4O3S/c1-3-10-25-19(28)14-6-4-5-7-16(14)26-20(25)23-24-21(26)30-12-17(27)13-8-9-18(29-2)15(22)11-13/h3-9,11H,1,10,12H2,2H3. The molecule has 30 heavy (non-hydrogen) atoms. The molecule has 0 aliphatic carbocycles. The number of hydrogen-bond acceptors (Lipinski definition) is 6. The van der Waals surface area contributed by atoms with Gasteiger partial charge in [0, 0.05) is 12.1 Å². The predicted octanol–water partition coefficient (Wildman–Crippen LogP) is 3.35. The van der Waals surface area contributed by atoms with E-state index in [9.17, 15) is 14.0 Å². The number of allylic oxidation sites excluding steroid dienone is 1. The average Bonchev–Trinajstić information content (AvgIpc) is 3.19. The molecule has 4 rings (SSSR count). The minimum Gasteiger partial charge on any atom is -0.494 e. The molecule has 0 amide bonds. The van der Waals surface area contributed by atoms with Crippen LogP contribution in [0.3, 0.4) is 0 Å². The maximum absolute atomic E-state index is 13.9. The molecular weight excluding hydrogens is 407 g/mol. The summed E-state index contributed by atoms with van der Waals surface area (Å²) in [6.45, 7) is 3.97. The molecule has 0 unspecified atom stereocenters. The van der Waals surface area contributed by atoms with Gasteiger partial charge in [-0.25, -0.2) is 4.39 Å². The molecule has 0 fully saturated rings. The topological polar surface area (TPSA) is 78.5 Å². The first-order valence-corrected chi connectivity index (χ1v) is 10.0. The Labute approximate surface area is 174 Å². The van der Waals surface area contributed by atoms with E-state index >= 15 is 0 Å². The number of aromatic nitrogens is 4. The fraction of sp³-hybridized carbons (Fsp3) is 0.143. The van der Waals surface area contributed by atoms with Gasteiger partial charge in [0.25, 0.3) is 5.56 Å². The molecule has 0 aliphatic rings. The van der Waals surface area contributed by atoms with Crippen LogP contribution in [0, 0.1) is 5.82 Å². The molecule has 7 nitrogen and oxygen atoms in total. The summed E-state index contributed by atoms with van der Waals surface area (Å²) in [5, 5.41) is 9.30. The summed E-state index contributed by atoms with van der Waals surface area (Å²) in [6, 6.07) is 11.2. The zero-order valence-electron chi connectivity index (χ0n) is 16.0. The van der Waals surface area contributed by atoms with Crippen molar-refractivity contribution < 1.29 is 13.9 Å². The molecule has 2 aromatic heterocycles. The SMILES string of the molecule is C=CCn1c(=O)c2ccccc2n2c(SCC(=O)c3ccc(OC)c(F)c3)nnc12. The van der Waals surface area contributed by atoms with E-state index in [1.165, 1.54) is 35.6 Å². The Kier molecular flexibility index (Phi) is 5.37. The van der Waals surface area contributed by atoms with Crippen LogP contribution in [-0.2, 0) is 6.54 Å². The Morgan fingerprint density at radius 3 is 2.80 bits per heavy atom. The van der Waals surface area contributed by atoms with E-state index in [4.69, 9.17) is 4.74 Å². The number of carbonyl (C=O) groups is 1. The molecule has 0 aliphatic heterocycles. The second-order valence-electron chi connectivity index (χ2n) is 6.40. The number of hydrogen-bond donors (Lipinski definition) is 0. The van der Waals surface area contributed by atoms with Crippen LogP contribution in [0.4, 0.5) is 4.39 Å². The summed E-state index contributed by atoms with van der Waals surface area (Å²) in [5.41, 5.74) is 0.697. The van der Waals surface area contributed by atoms with Gasteiger partial charge in [-0.1, -0.05) is 30.0 Å². The second kappa shape index (κ2) is 8.11. The average molecular weight is 424 g/mol. The first kappa shape index (κ1) is 19.8. The van der Waals surface area contributed by atoms with Gasteiger partial charge in [-0.2, -0.15) is 0 Å². The molecule has 0 bridgehead atoms. The highest BCUT2D eigenvalue weighted by Crippen LogP contribution is 2.24. The molecule has 152 valence electrons. The number of ketones is 1. The van der Waals surface area contributed by atoms with E-state index in [0.717, 1.165) is 6.07 Å². The lowest BCUT2D eigenvalue weighted by Crippen LogP contribution is -2.22. The number of carbonyl (C=O) groups excluding carboxylic acids is 1. The Morgan fingerprint density at radius 1 is 1.27 bits per heavy atom. The first-order chi connectivity index (χ1) is 14.5. The number of thioether (sulfide) groups is 1. The maximum atomic E-state index is 13.9. The van der Waals surface area contributed by atoms with Crippen LogP contribution in [0.25, 0.3) is 16.7 Å². The highest BCUT2D eigenvalue weighted by molar-refractivity contribution is 7.99. The third-order valence-electron chi connectivity index (χ3n) is 4.60. The molecule has 2 aromatic carbocycles. The molecule has 0 atom stereocenters. The van der Waals surface area contributed by atoms with Crippen molar-refractivity contribution in [3.8, 4) is 5.75 Å². The van der Waals surface area contributed by atoms with Crippen molar-refractivity contribution in [1.29, 1.82) is 0 Å².